The molecule has 0 spiro atoms. The van der Waals surface area contributed by atoms with Crippen LogP contribution < -0.4 is 14.2 Å². The summed E-state index contributed by atoms with van der Waals surface area (Å²) in [4.78, 5) is 69.0. The van der Waals surface area contributed by atoms with Gasteiger partial charge in [0.25, 0.3) is 5.92 Å². The molecule has 3 aromatic rings. The molecule has 2 aliphatic carbocycles. The van der Waals surface area contributed by atoms with Crippen molar-refractivity contribution < 1.29 is 45.9 Å². The summed E-state index contributed by atoms with van der Waals surface area (Å²) in [5, 5.41) is 0.769. The molecule has 1 N–H and O–H groups in total. The first-order valence-electron chi connectivity index (χ1n) is 21.1. The second kappa shape index (κ2) is 17.2. The van der Waals surface area contributed by atoms with Gasteiger partial charge in [-0.3, -0.25) is 28.9 Å². The van der Waals surface area contributed by atoms with Crippen LogP contribution in [0.5, 0.6) is 11.6 Å². The summed E-state index contributed by atoms with van der Waals surface area (Å²) in [5.74, 6) is -5.93. The van der Waals surface area contributed by atoms with Crippen LogP contribution in [0.4, 0.5) is 8.78 Å². The molecule has 326 valence electrons. The number of nitrogens with one attached hydrogen (secondary N) is 1. The van der Waals surface area contributed by atoms with Crippen LogP contribution in [-0.4, -0.2) is 102 Å². The zero-order valence-electron chi connectivity index (χ0n) is 34.0. The maximum Gasteiger partial charge on any atom is 0.265 e. The lowest BCUT2D eigenvalue weighted by atomic mass is 9.90. The van der Waals surface area contributed by atoms with E-state index >= 15 is 0 Å². The van der Waals surface area contributed by atoms with Crippen molar-refractivity contribution in [1.29, 1.82) is 0 Å². The van der Waals surface area contributed by atoms with Gasteiger partial charge in [-0.2, -0.15) is 0 Å². The Morgan fingerprint density at radius 2 is 1.85 bits per heavy atom. The number of amides is 3. The van der Waals surface area contributed by atoms with E-state index in [0.29, 0.717) is 71.5 Å². The first kappa shape index (κ1) is 43.0. The number of piperidine rings is 1. The number of hydrogen-bond acceptors (Lipinski definition) is 10. The normalized spacial score (nSPS) is 27.6. The van der Waals surface area contributed by atoms with Gasteiger partial charge in [0.05, 0.1) is 53.3 Å². The summed E-state index contributed by atoms with van der Waals surface area (Å²) in [6.45, 7) is -0.629. The highest BCUT2D eigenvalue weighted by molar-refractivity contribution is 7.90. The zero-order valence-corrected chi connectivity index (χ0v) is 35.6. The monoisotopic (exact) mass is 881 g/mol. The van der Waals surface area contributed by atoms with Crippen LogP contribution in [0.3, 0.4) is 0 Å². The van der Waals surface area contributed by atoms with Crippen molar-refractivity contribution in [2.45, 2.75) is 107 Å². The van der Waals surface area contributed by atoms with Gasteiger partial charge in [0.15, 0.2) is 5.78 Å². The highest BCUT2D eigenvalue weighted by Gasteiger charge is 2.61. The molecule has 0 unspecified atom stereocenters. The summed E-state index contributed by atoms with van der Waals surface area (Å²) >= 11 is 6.83. The largest absolute Gasteiger partial charge is 0.495 e. The van der Waals surface area contributed by atoms with Gasteiger partial charge in [-0.25, -0.2) is 22.2 Å². The quantitative estimate of drug-likeness (QED) is 0.230. The lowest BCUT2D eigenvalue weighted by molar-refractivity contribution is -0.148. The number of fused-ring (bicyclic) bond motifs is 3. The number of hydrogen-bond donors (Lipinski definition) is 1. The Morgan fingerprint density at radius 3 is 2.59 bits per heavy atom. The molecule has 0 bridgehead atoms. The van der Waals surface area contributed by atoms with E-state index in [1.165, 1.54) is 12.0 Å². The molecule has 4 fully saturated rings. The number of methoxy groups -OCH3 is 1. The molecule has 3 aliphatic heterocycles. The number of sulfonamides is 1. The van der Waals surface area contributed by atoms with Crippen LogP contribution in [0.25, 0.3) is 22.2 Å². The molecule has 1 aromatic carbocycles. The number of likely N-dealkylation sites (tertiary alicyclic amines) is 1. The number of carbonyl (C=O) groups is 4. The van der Waals surface area contributed by atoms with Gasteiger partial charge in [0.2, 0.25) is 33.6 Å². The molecule has 2 saturated heterocycles. The van der Waals surface area contributed by atoms with Crippen molar-refractivity contribution in [2.75, 3.05) is 26.7 Å². The fourth-order valence-electron chi connectivity index (χ4n) is 9.13. The number of Topliss-reactive ketones (excluding diaryl/α,β-unsaturated/α-hetero) is 1. The third-order valence-corrected chi connectivity index (χ3v) is 15.0. The lowest BCUT2D eigenvalue weighted by Gasteiger charge is -2.34. The number of aromatic nitrogens is 2. The Kier molecular flexibility index (Phi) is 12.1. The minimum absolute atomic E-state index is 0.00302. The standard InChI is InChI=1S/C44H50ClF2N5O8S/c1-59-37-16-15-31-32(39(37)45)22-34(33-12-7-8-18-48-33)49-40(31)60-29-21-35-36(53)24-43(42(56)50-61(57,58)30-13-14-30)23-28(43)11-6-4-2-3-5-10-27(41(55)52(35)25-29)20-38(54)51-19-9-17-44(46,47)26-51/h6-8,11-12,15-16,18,22,27-30,35H,2-5,9-10,13-14,17,19-21,23-26H2,1H3,(H,50,56)/b11-6-/t27-,28-,29-,35+,43-/m1/s1. The van der Waals surface area contributed by atoms with Crippen molar-refractivity contribution in [3.05, 3.63) is 59.8 Å². The Labute approximate surface area is 358 Å². The number of nitrogens with zero attached hydrogens (tertiary/aromatic N) is 4. The van der Waals surface area contributed by atoms with E-state index in [-0.39, 0.29) is 63.4 Å². The minimum Gasteiger partial charge on any atom is -0.495 e. The number of ketones is 1. The van der Waals surface area contributed by atoms with E-state index in [4.69, 9.17) is 26.1 Å². The zero-order chi connectivity index (χ0) is 43.1. The number of benzene rings is 1. The van der Waals surface area contributed by atoms with Crippen LogP contribution in [-0.2, 0) is 29.2 Å². The topological polar surface area (TPSA) is 165 Å². The third-order valence-electron chi connectivity index (χ3n) is 12.8. The van der Waals surface area contributed by atoms with Crippen LogP contribution in [0, 0.1) is 17.3 Å². The first-order valence-corrected chi connectivity index (χ1v) is 23.1. The SMILES string of the molecule is COc1ccc2c(O[C@@H]3C[C@H]4C(=O)C[C@]5(C(=O)NS(=O)(=O)C6CC6)C[C@H]5/C=C\CCCCC[C@H](CC(=O)N5CCCC(F)(F)C5)C(=O)N4C3)nc(-c3ccccn3)cc2c1Cl. The second-order valence-electron chi connectivity index (χ2n) is 17.2. The fraction of sp³-hybridized carbons (Fsp3) is 0.545. The fourth-order valence-corrected chi connectivity index (χ4v) is 10.8. The molecule has 8 rings (SSSR count). The lowest BCUT2D eigenvalue weighted by Crippen LogP contribution is -2.49. The minimum atomic E-state index is -3.92. The molecule has 13 nitrogen and oxygen atoms in total. The molecule has 2 saturated carbocycles. The highest BCUT2D eigenvalue weighted by Crippen LogP contribution is 2.57. The van der Waals surface area contributed by atoms with Crippen molar-refractivity contribution in [1.82, 2.24) is 24.5 Å². The van der Waals surface area contributed by atoms with Crippen LogP contribution in [0.1, 0.15) is 83.5 Å². The van der Waals surface area contributed by atoms with Gasteiger partial charge in [-0.15, -0.1) is 0 Å². The number of rotatable bonds is 9. The number of pyridine rings is 2. The number of alkyl halides is 2. The molecule has 3 amide bonds. The average Bonchev–Trinajstić information content (AvgIpc) is 4.16. The number of allylic oxidation sites excluding steroid dienone is 2. The van der Waals surface area contributed by atoms with Crippen molar-refractivity contribution in [3.8, 4) is 23.0 Å². The summed E-state index contributed by atoms with van der Waals surface area (Å²) in [6, 6.07) is 9.46. The summed E-state index contributed by atoms with van der Waals surface area (Å²) in [5.41, 5.74) is -0.345. The van der Waals surface area contributed by atoms with E-state index in [2.05, 4.69) is 9.71 Å². The van der Waals surface area contributed by atoms with Crippen LogP contribution in [0.2, 0.25) is 5.02 Å². The Morgan fingerprint density at radius 1 is 1.03 bits per heavy atom. The first-order chi connectivity index (χ1) is 29.2. The summed E-state index contributed by atoms with van der Waals surface area (Å²) < 4.78 is 69.2. The maximum absolute atomic E-state index is 14.9. The van der Waals surface area contributed by atoms with Gasteiger partial charge in [0, 0.05) is 55.1 Å². The molecular weight excluding hydrogens is 832 g/mol. The van der Waals surface area contributed by atoms with Gasteiger partial charge in [-0.05, 0) is 81.2 Å². The predicted octanol–water partition coefficient (Wildman–Crippen LogP) is 6.67. The molecule has 0 radical (unpaired) electrons. The number of ether oxygens (including phenoxy) is 2. The predicted molar refractivity (Wildman–Crippen MR) is 222 cm³/mol. The maximum atomic E-state index is 14.9. The smallest absolute Gasteiger partial charge is 0.265 e. The summed E-state index contributed by atoms with van der Waals surface area (Å²) in [7, 11) is -2.41. The number of carbonyl (C=O) groups excluding carboxylic acids is 4. The molecule has 17 heteroatoms. The molecule has 61 heavy (non-hydrogen) atoms. The molecular formula is C44H50ClF2N5O8S. The average molecular weight is 882 g/mol. The van der Waals surface area contributed by atoms with Crippen molar-refractivity contribution in [2.24, 2.45) is 17.3 Å². The molecule has 5 aliphatic rings. The van der Waals surface area contributed by atoms with Gasteiger partial charge in [-0.1, -0.05) is 42.7 Å². The van der Waals surface area contributed by atoms with Crippen molar-refractivity contribution >= 4 is 55.9 Å². The highest BCUT2D eigenvalue weighted by atomic mass is 35.5. The van der Waals surface area contributed by atoms with E-state index in [9.17, 15) is 36.4 Å². The number of halogens is 3. The molecule has 5 heterocycles. The van der Waals surface area contributed by atoms with E-state index in [0.717, 1.165) is 11.3 Å². The molecule has 5 atom stereocenters. The second-order valence-corrected chi connectivity index (χ2v) is 19.6. The summed E-state index contributed by atoms with van der Waals surface area (Å²) in [6.07, 6.45) is 8.05. The van der Waals surface area contributed by atoms with E-state index < -0.39 is 74.7 Å². The van der Waals surface area contributed by atoms with Crippen molar-refractivity contribution in [3.63, 3.8) is 0 Å². The Bertz CT molecular complexity index is 2350. The van der Waals surface area contributed by atoms with Gasteiger partial charge >= 0.3 is 0 Å². The van der Waals surface area contributed by atoms with Gasteiger partial charge in [0.1, 0.15) is 11.9 Å². The van der Waals surface area contributed by atoms with E-state index in [1.54, 1.807) is 36.5 Å². The van der Waals surface area contributed by atoms with Gasteiger partial charge < -0.3 is 19.3 Å². The van der Waals surface area contributed by atoms with Crippen LogP contribution in [0.15, 0.2) is 54.7 Å². The van der Waals surface area contributed by atoms with Crippen LogP contribution >= 0.6 is 11.6 Å². The third kappa shape index (κ3) is 9.25. The Hall–Kier alpha value is -4.70. The Balaban J connectivity index is 1.14. The van der Waals surface area contributed by atoms with E-state index in [1.807, 2.05) is 18.2 Å². The molecule has 2 aromatic heterocycles.